The average molecular weight is 213 g/mol. The maximum absolute atomic E-state index is 11.9. The fourth-order valence-electron chi connectivity index (χ4n) is 2.17. The van der Waals surface area contributed by atoms with Gasteiger partial charge in [-0.2, -0.15) is 0 Å². The summed E-state index contributed by atoms with van der Waals surface area (Å²) >= 11 is 0. The minimum absolute atomic E-state index is 0.0375. The van der Waals surface area contributed by atoms with Crippen LogP contribution < -0.4 is 10.6 Å². The van der Waals surface area contributed by atoms with Crippen molar-refractivity contribution in [1.29, 1.82) is 0 Å². The van der Waals surface area contributed by atoms with Gasteiger partial charge in [-0.15, -0.1) is 0 Å². The molecular formula is C11H23N3O. The predicted octanol–water partition coefficient (Wildman–Crippen LogP) is 0.195. The molecular weight excluding hydrogens is 190 g/mol. The maximum Gasteiger partial charge on any atom is 0.237 e. The van der Waals surface area contributed by atoms with Crippen molar-refractivity contribution in [2.75, 3.05) is 26.7 Å². The van der Waals surface area contributed by atoms with Crippen LogP contribution in [0.2, 0.25) is 0 Å². The molecule has 4 heteroatoms. The summed E-state index contributed by atoms with van der Waals surface area (Å²) in [5.74, 6) is 0.170. The van der Waals surface area contributed by atoms with Crippen LogP contribution in [0.4, 0.5) is 0 Å². The van der Waals surface area contributed by atoms with Gasteiger partial charge in [0.25, 0.3) is 0 Å². The molecule has 1 rings (SSSR count). The third-order valence-electron chi connectivity index (χ3n) is 2.88. The first-order valence-electron chi connectivity index (χ1n) is 5.71. The van der Waals surface area contributed by atoms with Crippen molar-refractivity contribution in [3.8, 4) is 0 Å². The summed E-state index contributed by atoms with van der Waals surface area (Å²) in [6.45, 7) is 9.01. The summed E-state index contributed by atoms with van der Waals surface area (Å²) in [7, 11) is 1.92. The number of hydrogen-bond donors (Lipinski definition) is 2. The zero-order chi connectivity index (χ0) is 11.5. The van der Waals surface area contributed by atoms with Crippen LogP contribution in [0.15, 0.2) is 0 Å². The van der Waals surface area contributed by atoms with E-state index in [0.717, 1.165) is 26.1 Å². The number of carbonyl (C=O) groups is 1. The van der Waals surface area contributed by atoms with E-state index in [0.29, 0.717) is 0 Å². The lowest BCUT2D eigenvalue weighted by Crippen LogP contribution is -2.64. The Labute approximate surface area is 92.4 Å². The summed E-state index contributed by atoms with van der Waals surface area (Å²) in [4.78, 5) is 14.2. The van der Waals surface area contributed by atoms with Crippen LogP contribution in [-0.2, 0) is 4.79 Å². The van der Waals surface area contributed by atoms with Gasteiger partial charge in [0.2, 0.25) is 5.91 Å². The molecule has 1 atom stereocenters. The molecule has 0 saturated carbocycles. The van der Waals surface area contributed by atoms with Crippen LogP contribution in [-0.4, -0.2) is 49.1 Å². The SMILES string of the molecule is CCN1CC(C)(C)NC(=O)C1CCNC. The van der Waals surface area contributed by atoms with Crippen LogP contribution in [0, 0.1) is 0 Å². The molecule has 0 spiro atoms. The zero-order valence-electron chi connectivity index (χ0n) is 10.3. The van der Waals surface area contributed by atoms with Gasteiger partial charge >= 0.3 is 0 Å². The molecule has 2 N–H and O–H groups in total. The van der Waals surface area contributed by atoms with Gasteiger partial charge in [-0.25, -0.2) is 0 Å². The Morgan fingerprint density at radius 1 is 1.60 bits per heavy atom. The Morgan fingerprint density at radius 2 is 2.27 bits per heavy atom. The second kappa shape index (κ2) is 4.94. The number of likely N-dealkylation sites (N-methyl/N-ethyl adjacent to an activating group) is 1. The van der Waals surface area contributed by atoms with Gasteiger partial charge in [0.1, 0.15) is 0 Å². The molecule has 88 valence electrons. The number of amides is 1. The molecule has 15 heavy (non-hydrogen) atoms. The molecule has 0 aliphatic carbocycles. The lowest BCUT2D eigenvalue weighted by molar-refractivity contribution is -0.132. The third kappa shape index (κ3) is 3.18. The average Bonchev–Trinajstić information content (AvgIpc) is 2.14. The minimum atomic E-state index is -0.0940. The van der Waals surface area contributed by atoms with Gasteiger partial charge in [0.05, 0.1) is 6.04 Å². The van der Waals surface area contributed by atoms with Crippen molar-refractivity contribution in [3.05, 3.63) is 0 Å². The van der Waals surface area contributed by atoms with E-state index in [-0.39, 0.29) is 17.5 Å². The molecule has 1 aliphatic rings. The fraction of sp³-hybridized carbons (Fsp3) is 0.909. The van der Waals surface area contributed by atoms with Crippen molar-refractivity contribution in [1.82, 2.24) is 15.5 Å². The van der Waals surface area contributed by atoms with Crippen molar-refractivity contribution >= 4 is 5.91 Å². The summed E-state index contributed by atoms with van der Waals surface area (Å²) in [6.07, 6.45) is 0.881. The number of nitrogens with zero attached hydrogens (tertiary/aromatic N) is 1. The van der Waals surface area contributed by atoms with E-state index in [1.54, 1.807) is 0 Å². The number of hydrogen-bond acceptors (Lipinski definition) is 3. The Morgan fingerprint density at radius 3 is 2.80 bits per heavy atom. The van der Waals surface area contributed by atoms with E-state index in [2.05, 4.69) is 36.3 Å². The smallest absolute Gasteiger partial charge is 0.237 e. The quantitative estimate of drug-likeness (QED) is 0.701. The van der Waals surface area contributed by atoms with Crippen LogP contribution in [0.1, 0.15) is 27.2 Å². The van der Waals surface area contributed by atoms with Crippen molar-refractivity contribution in [3.63, 3.8) is 0 Å². The maximum atomic E-state index is 11.9. The topological polar surface area (TPSA) is 44.4 Å². The molecule has 0 aromatic rings. The molecule has 0 aromatic heterocycles. The van der Waals surface area contributed by atoms with E-state index in [9.17, 15) is 4.79 Å². The summed E-state index contributed by atoms with van der Waals surface area (Å²) < 4.78 is 0. The van der Waals surface area contributed by atoms with Crippen molar-refractivity contribution < 1.29 is 4.79 Å². The van der Waals surface area contributed by atoms with E-state index in [1.807, 2.05) is 7.05 Å². The molecule has 0 radical (unpaired) electrons. The molecule has 1 fully saturated rings. The van der Waals surface area contributed by atoms with E-state index in [4.69, 9.17) is 0 Å². The number of carbonyl (C=O) groups excluding carboxylic acids is 1. The Hall–Kier alpha value is -0.610. The summed E-state index contributed by atoms with van der Waals surface area (Å²) in [5.41, 5.74) is -0.0940. The second-order valence-corrected chi connectivity index (χ2v) is 4.84. The first-order chi connectivity index (χ1) is 7.00. The van der Waals surface area contributed by atoms with Crippen LogP contribution >= 0.6 is 0 Å². The normalized spacial score (nSPS) is 26.4. The van der Waals surface area contributed by atoms with Gasteiger partial charge in [-0.3, -0.25) is 9.69 Å². The van der Waals surface area contributed by atoms with E-state index in [1.165, 1.54) is 0 Å². The standard InChI is InChI=1S/C11H23N3O/c1-5-14-8-11(2,3)13-10(15)9(14)6-7-12-4/h9,12H,5-8H2,1-4H3,(H,13,15). The Balaban J connectivity index is 2.65. The largest absolute Gasteiger partial charge is 0.349 e. The molecule has 1 amide bonds. The van der Waals surface area contributed by atoms with Gasteiger partial charge in [-0.05, 0) is 40.4 Å². The number of nitrogens with one attached hydrogen (secondary N) is 2. The van der Waals surface area contributed by atoms with Gasteiger partial charge in [0, 0.05) is 12.1 Å². The molecule has 1 saturated heterocycles. The molecule has 1 heterocycles. The van der Waals surface area contributed by atoms with Crippen molar-refractivity contribution in [2.45, 2.75) is 38.8 Å². The minimum Gasteiger partial charge on any atom is -0.349 e. The van der Waals surface area contributed by atoms with Gasteiger partial charge in [0.15, 0.2) is 0 Å². The summed E-state index contributed by atoms with van der Waals surface area (Å²) in [5, 5.41) is 6.16. The molecule has 0 aromatic carbocycles. The van der Waals surface area contributed by atoms with Gasteiger partial charge in [-0.1, -0.05) is 6.92 Å². The second-order valence-electron chi connectivity index (χ2n) is 4.84. The molecule has 1 unspecified atom stereocenters. The van der Waals surface area contributed by atoms with Crippen LogP contribution in [0.3, 0.4) is 0 Å². The third-order valence-corrected chi connectivity index (χ3v) is 2.88. The molecule has 1 aliphatic heterocycles. The predicted molar refractivity (Wildman–Crippen MR) is 61.8 cm³/mol. The number of piperazine rings is 1. The Bertz CT molecular complexity index is 228. The first-order valence-corrected chi connectivity index (χ1v) is 5.71. The highest BCUT2D eigenvalue weighted by Gasteiger charge is 2.36. The first kappa shape index (κ1) is 12.5. The zero-order valence-corrected chi connectivity index (χ0v) is 10.3. The van der Waals surface area contributed by atoms with Crippen molar-refractivity contribution in [2.24, 2.45) is 0 Å². The highest BCUT2D eigenvalue weighted by Crippen LogP contribution is 2.17. The lowest BCUT2D eigenvalue weighted by Gasteiger charge is -2.43. The van der Waals surface area contributed by atoms with E-state index < -0.39 is 0 Å². The molecule has 0 bridgehead atoms. The Kier molecular flexibility index (Phi) is 4.11. The summed E-state index contributed by atoms with van der Waals surface area (Å²) in [6, 6.07) is 0.0375. The highest BCUT2D eigenvalue weighted by molar-refractivity contribution is 5.83. The highest BCUT2D eigenvalue weighted by atomic mass is 16.2. The van der Waals surface area contributed by atoms with E-state index >= 15 is 0 Å². The monoisotopic (exact) mass is 213 g/mol. The number of rotatable bonds is 4. The van der Waals surface area contributed by atoms with Gasteiger partial charge < -0.3 is 10.6 Å². The lowest BCUT2D eigenvalue weighted by atomic mass is 9.96. The fourth-order valence-corrected chi connectivity index (χ4v) is 2.17. The molecule has 4 nitrogen and oxygen atoms in total. The van der Waals surface area contributed by atoms with Crippen LogP contribution in [0.5, 0.6) is 0 Å². The van der Waals surface area contributed by atoms with Crippen LogP contribution in [0.25, 0.3) is 0 Å².